The van der Waals surface area contributed by atoms with Crippen LogP contribution < -0.4 is 0 Å². The van der Waals surface area contributed by atoms with Gasteiger partial charge in [0.2, 0.25) is 0 Å². The molecule has 0 aliphatic heterocycles. The third-order valence-electron chi connectivity index (χ3n) is 20.7. The molecule has 0 aliphatic carbocycles. The Labute approximate surface area is 637 Å². The van der Waals surface area contributed by atoms with Crippen LogP contribution >= 0.6 is 0 Å². The number of benzene rings is 16. The van der Waals surface area contributed by atoms with Gasteiger partial charge in [0.25, 0.3) is 0 Å². The maximum Gasteiger partial charge on any atom is 0.164 e. The average molecular weight is 1410 g/mol. The minimum absolute atomic E-state index is 0.618. The van der Waals surface area contributed by atoms with Gasteiger partial charge in [-0.2, -0.15) is 0 Å². The SMILES string of the molecule is Cc1ccc(-c2nc(-c3ccc(C)cc3)nc(-c3cccc(-c4ccc5c(c4)nc(-c4ccccc4)c4cccc(-c6ccccc6)c45)c3)n2)cc1.c1ccc(-c2nc3cc(-c4cccc(-c5nc(-c6ccc7ccccc7c6)nc(-c6ccc7ccccc7c6)n5)c4)ccc3c3c(-c4ccccc4)cccc23)cc1. The summed E-state index contributed by atoms with van der Waals surface area (Å²) in [4.78, 5) is 41.0. The summed E-state index contributed by atoms with van der Waals surface area (Å²) in [5, 5.41) is 11.5. The molecule has 20 rings (SSSR count). The van der Waals surface area contributed by atoms with Gasteiger partial charge in [-0.1, -0.05) is 351 Å². The Bertz CT molecular complexity index is 6730. The smallest absolute Gasteiger partial charge is 0.164 e. The molecular formula is C102H68N8. The predicted octanol–water partition coefficient (Wildman–Crippen LogP) is 26.1. The first-order valence-electron chi connectivity index (χ1n) is 37.1. The van der Waals surface area contributed by atoms with Crippen LogP contribution in [0.25, 0.3) is 200 Å². The van der Waals surface area contributed by atoms with Gasteiger partial charge < -0.3 is 0 Å². The summed E-state index contributed by atoms with van der Waals surface area (Å²) in [5.74, 6) is 3.81. The fraction of sp³-hybridized carbons (Fsp3) is 0.0196. The van der Waals surface area contributed by atoms with Crippen LogP contribution in [0.5, 0.6) is 0 Å². The molecule has 16 aromatic carbocycles. The first-order valence-corrected chi connectivity index (χ1v) is 37.1. The second-order valence-corrected chi connectivity index (χ2v) is 27.9. The number of hydrogen-bond acceptors (Lipinski definition) is 8. The molecule has 20 aromatic rings. The van der Waals surface area contributed by atoms with E-state index in [2.05, 4.69) is 384 Å². The van der Waals surface area contributed by atoms with Gasteiger partial charge >= 0.3 is 0 Å². The van der Waals surface area contributed by atoms with Crippen molar-refractivity contribution in [3.05, 3.63) is 387 Å². The van der Waals surface area contributed by atoms with Gasteiger partial charge in [-0.05, 0) is 116 Å². The second-order valence-electron chi connectivity index (χ2n) is 27.9. The highest BCUT2D eigenvalue weighted by molar-refractivity contribution is 6.19. The number of aryl methyl sites for hydroxylation is 2. The van der Waals surface area contributed by atoms with Crippen molar-refractivity contribution in [3.63, 3.8) is 0 Å². The Balaban J connectivity index is 0.000000150. The van der Waals surface area contributed by atoms with Gasteiger partial charge in [0.05, 0.1) is 22.4 Å². The van der Waals surface area contributed by atoms with Crippen LogP contribution in [0.4, 0.5) is 0 Å². The maximum absolute atomic E-state index is 5.38. The van der Waals surface area contributed by atoms with Crippen LogP contribution in [-0.4, -0.2) is 39.9 Å². The highest BCUT2D eigenvalue weighted by Crippen LogP contribution is 2.43. The van der Waals surface area contributed by atoms with Gasteiger partial charge in [-0.3, -0.25) is 0 Å². The third kappa shape index (κ3) is 13.0. The van der Waals surface area contributed by atoms with Crippen molar-refractivity contribution < 1.29 is 0 Å². The molecule has 0 saturated heterocycles. The molecule has 0 saturated carbocycles. The zero-order valence-electron chi connectivity index (χ0n) is 60.4. The van der Waals surface area contributed by atoms with E-state index in [0.29, 0.717) is 34.9 Å². The molecule has 0 radical (unpaired) electrons. The standard InChI is InChI=1S/C54H34N4.C48H34N4/c1-3-15-37(16-4-1)46-23-12-24-48-50(46)47-30-29-42(34-49(47)55-51(48)38-17-5-2-6-18-38)41-21-11-22-43(33-41)52-56-53(44-27-25-35-13-7-9-19-39(35)31-44)58-54(57-52)45-28-26-36-14-8-10-20-40(36)32-45;1-31-19-23-35(24-20-31)46-50-47(36-25-21-32(2)22-26-36)52-48(51-46)39-16-9-15-37(29-39)38-27-28-41-43(30-38)49-45(34-13-7-4-8-14-34)42-18-10-17-40(44(41)42)33-11-5-3-6-12-33/h1-34H;3-30H,1-2H3. The molecule has 110 heavy (non-hydrogen) atoms. The lowest BCUT2D eigenvalue weighted by Gasteiger charge is -2.15. The maximum atomic E-state index is 5.38. The summed E-state index contributed by atoms with van der Waals surface area (Å²) in [5.41, 5.74) is 23.0. The Morgan fingerprint density at radius 1 is 0.164 bits per heavy atom. The van der Waals surface area contributed by atoms with Crippen LogP contribution in [0.2, 0.25) is 0 Å². The summed E-state index contributed by atoms with van der Waals surface area (Å²) in [7, 11) is 0. The van der Waals surface area contributed by atoms with Gasteiger partial charge in [0.1, 0.15) is 0 Å². The van der Waals surface area contributed by atoms with Gasteiger partial charge in [0, 0.05) is 76.8 Å². The Kier molecular flexibility index (Phi) is 17.2. The van der Waals surface area contributed by atoms with Crippen LogP contribution in [0, 0.1) is 13.8 Å². The zero-order chi connectivity index (χ0) is 73.4. The molecule has 8 heteroatoms. The Hall–Kier alpha value is -14.6. The normalized spacial score (nSPS) is 11.4. The molecule has 0 bridgehead atoms. The highest BCUT2D eigenvalue weighted by atomic mass is 15.0. The first-order chi connectivity index (χ1) is 54.3. The van der Waals surface area contributed by atoms with Crippen LogP contribution in [0.1, 0.15) is 11.1 Å². The summed E-state index contributed by atoms with van der Waals surface area (Å²) in [6.45, 7) is 4.17. The molecule has 0 unspecified atom stereocenters. The Morgan fingerprint density at radius 3 is 0.827 bits per heavy atom. The summed E-state index contributed by atoms with van der Waals surface area (Å²) >= 11 is 0. The van der Waals surface area contributed by atoms with Gasteiger partial charge in [-0.25, -0.2) is 39.9 Å². The lowest BCUT2D eigenvalue weighted by molar-refractivity contribution is 1.07. The topological polar surface area (TPSA) is 103 Å². The third-order valence-corrected chi connectivity index (χ3v) is 20.7. The van der Waals surface area contributed by atoms with E-state index in [-0.39, 0.29) is 0 Å². The molecule has 0 fully saturated rings. The minimum atomic E-state index is 0.618. The number of nitrogens with zero attached hydrogens (tertiary/aromatic N) is 8. The second kappa shape index (κ2) is 28.7. The average Bonchev–Trinajstić information content (AvgIpc) is 0.742. The number of rotatable bonds is 12. The number of aromatic nitrogens is 8. The van der Waals surface area contributed by atoms with Gasteiger partial charge in [0.15, 0.2) is 34.9 Å². The monoisotopic (exact) mass is 1400 g/mol. The lowest BCUT2D eigenvalue weighted by Crippen LogP contribution is -2.00. The van der Waals surface area contributed by atoms with Crippen molar-refractivity contribution >= 4 is 64.9 Å². The predicted molar refractivity (Wildman–Crippen MR) is 455 cm³/mol. The van der Waals surface area contributed by atoms with E-state index in [0.717, 1.165) is 122 Å². The van der Waals surface area contributed by atoms with Crippen LogP contribution in [0.3, 0.4) is 0 Å². The van der Waals surface area contributed by atoms with Crippen molar-refractivity contribution in [2.75, 3.05) is 0 Å². The molecule has 0 spiro atoms. The molecule has 0 atom stereocenters. The van der Waals surface area contributed by atoms with Crippen molar-refractivity contribution in [2.24, 2.45) is 0 Å². The Morgan fingerprint density at radius 2 is 0.445 bits per heavy atom. The quantitative estimate of drug-likeness (QED) is 0.111. The van der Waals surface area contributed by atoms with Gasteiger partial charge in [-0.15, -0.1) is 0 Å². The molecular weight excluding hydrogens is 1340 g/mol. The molecule has 8 nitrogen and oxygen atoms in total. The van der Waals surface area contributed by atoms with Crippen molar-refractivity contribution in [1.29, 1.82) is 0 Å². The van der Waals surface area contributed by atoms with E-state index in [1.807, 2.05) is 6.07 Å². The van der Waals surface area contributed by atoms with E-state index >= 15 is 0 Å². The van der Waals surface area contributed by atoms with Crippen molar-refractivity contribution in [3.8, 4) is 135 Å². The fourth-order valence-electron chi connectivity index (χ4n) is 15.1. The molecule has 4 heterocycles. The van der Waals surface area contributed by atoms with Crippen molar-refractivity contribution in [1.82, 2.24) is 39.9 Å². The summed E-state index contributed by atoms with van der Waals surface area (Å²) in [6.07, 6.45) is 0. The largest absolute Gasteiger partial charge is 0.247 e. The van der Waals surface area contributed by atoms with E-state index in [4.69, 9.17) is 39.9 Å². The van der Waals surface area contributed by atoms with Crippen LogP contribution in [0.15, 0.2) is 376 Å². The summed E-state index contributed by atoms with van der Waals surface area (Å²) in [6, 6.07) is 132. The van der Waals surface area contributed by atoms with E-state index in [1.165, 1.54) is 54.9 Å². The van der Waals surface area contributed by atoms with E-state index in [1.54, 1.807) is 0 Å². The lowest BCUT2D eigenvalue weighted by atomic mass is 9.92. The first kappa shape index (κ1) is 66.1. The number of fused-ring (bicyclic) bond motifs is 8. The molecule has 0 N–H and O–H groups in total. The minimum Gasteiger partial charge on any atom is -0.247 e. The molecule has 0 aliphatic rings. The number of hydrogen-bond donors (Lipinski definition) is 0. The fourth-order valence-corrected chi connectivity index (χ4v) is 15.1. The molecule has 0 amide bonds. The number of pyridine rings is 2. The zero-order valence-corrected chi connectivity index (χ0v) is 60.4. The van der Waals surface area contributed by atoms with Crippen molar-refractivity contribution in [2.45, 2.75) is 13.8 Å². The highest BCUT2D eigenvalue weighted by Gasteiger charge is 2.21. The molecule has 4 aromatic heterocycles. The van der Waals surface area contributed by atoms with E-state index in [9.17, 15) is 0 Å². The van der Waals surface area contributed by atoms with Crippen LogP contribution in [-0.2, 0) is 0 Å². The van der Waals surface area contributed by atoms with E-state index < -0.39 is 0 Å². The molecule has 516 valence electrons. The summed E-state index contributed by atoms with van der Waals surface area (Å²) < 4.78 is 0.